The van der Waals surface area contributed by atoms with Crippen molar-refractivity contribution in [2.75, 3.05) is 11.9 Å². The first kappa shape index (κ1) is 30.0. The minimum absolute atomic E-state index is 0.0557. The van der Waals surface area contributed by atoms with E-state index in [4.69, 9.17) is 4.99 Å². The Labute approximate surface area is 220 Å². The lowest BCUT2D eigenvalue weighted by Crippen LogP contribution is -2.39. The van der Waals surface area contributed by atoms with Crippen LogP contribution >= 0.6 is 0 Å². The number of alkyl halides is 2. The van der Waals surface area contributed by atoms with Crippen molar-refractivity contribution in [3.8, 4) is 0 Å². The normalized spacial score (nSPS) is 17.4. The number of hydrogen-bond donors (Lipinski definition) is 3. The van der Waals surface area contributed by atoms with Crippen molar-refractivity contribution in [3.63, 3.8) is 0 Å². The van der Waals surface area contributed by atoms with Crippen LogP contribution in [0.4, 0.5) is 20.3 Å². The average Bonchev–Trinajstić information content (AvgIpc) is 3.30. The molecule has 4 N–H and O–H groups in total. The van der Waals surface area contributed by atoms with E-state index in [1.54, 1.807) is 10.5 Å². The van der Waals surface area contributed by atoms with Crippen LogP contribution in [0.1, 0.15) is 82.5 Å². The van der Waals surface area contributed by atoms with Gasteiger partial charge in [0.05, 0.1) is 11.9 Å². The van der Waals surface area contributed by atoms with Gasteiger partial charge in [0.2, 0.25) is 0 Å². The Bertz CT molecular complexity index is 1150. The molecule has 202 valence electrons. The first-order chi connectivity index (χ1) is 17.8. The molecule has 6 nitrogen and oxygen atoms in total. The van der Waals surface area contributed by atoms with E-state index in [2.05, 4.69) is 53.1 Å². The summed E-state index contributed by atoms with van der Waals surface area (Å²) in [6.45, 7) is 14.3. The molecule has 3 aromatic rings. The van der Waals surface area contributed by atoms with E-state index in [9.17, 15) is 8.78 Å². The van der Waals surface area contributed by atoms with Crippen LogP contribution in [0.15, 0.2) is 60.4 Å². The molecule has 0 radical (unpaired) electrons. The van der Waals surface area contributed by atoms with Gasteiger partial charge in [-0.1, -0.05) is 38.6 Å². The van der Waals surface area contributed by atoms with Crippen molar-refractivity contribution in [1.82, 2.24) is 14.7 Å². The number of anilines is 1. The quantitative estimate of drug-likeness (QED) is 0.309. The van der Waals surface area contributed by atoms with E-state index in [0.717, 1.165) is 49.4 Å². The summed E-state index contributed by atoms with van der Waals surface area (Å²) in [5.41, 5.74) is 9.68. The standard InChI is InChI=1S/C25H31F2N5.C2H5N.C2H6/c1-16(2)29-20-9-4-8-19(17(20)3)18-7-6-14-28-22(13-12-18)31-24-11-5-10-23-30-21(25(26)27)15-32(23)24;1-2-3;1-2/h4-5,8-11,15,18,22,25,28,31H,6-7,12-14H2,1-3H3;2H,1,3H2;1-2H3. The average molecular weight is 513 g/mol. The summed E-state index contributed by atoms with van der Waals surface area (Å²) in [6, 6.07) is 11.9. The molecule has 37 heavy (non-hydrogen) atoms. The molecule has 0 saturated carbocycles. The van der Waals surface area contributed by atoms with Crippen molar-refractivity contribution < 1.29 is 8.78 Å². The maximum atomic E-state index is 13.1. The predicted molar refractivity (Wildman–Crippen MR) is 152 cm³/mol. The highest BCUT2D eigenvalue weighted by Gasteiger charge is 2.21. The Morgan fingerprint density at radius 2 is 1.89 bits per heavy atom. The van der Waals surface area contributed by atoms with E-state index >= 15 is 0 Å². The van der Waals surface area contributed by atoms with Gasteiger partial charge >= 0.3 is 0 Å². The Kier molecular flexibility index (Phi) is 12.2. The molecule has 1 saturated heterocycles. The topological polar surface area (TPSA) is 79.7 Å². The molecule has 1 fully saturated rings. The second-order valence-electron chi connectivity index (χ2n) is 8.96. The molecule has 0 bridgehead atoms. The maximum absolute atomic E-state index is 13.1. The highest BCUT2D eigenvalue weighted by atomic mass is 19.3. The van der Waals surface area contributed by atoms with Crippen LogP contribution in [0, 0.1) is 6.92 Å². The molecule has 2 aromatic heterocycles. The number of halogens is 2. The van der Waals surface area contributed by atoms with Gasteiger partial charge in [0.25, 0.3) is 6.43 Å². The molecule has 3 heterocycles. The number of aromatic nitrogens is 2. The van der Waals surface area contributed by atoms with Crippen molar-refractivity contribution >= 4 is 22.9 Å². The van der Waals surface area contributed by atoms with Gasteiger partial charge in [0, 0.05) is 11.9 Å². The van der Waals surface area contributed by atoms with E-state index < -0.39 is 6.43 Å². The zero-order valence-electron chi connectivity index (χ0n) is 22.8. The number of nitrogens with zero attached hydrogens (tertiary/aromatic N) is 3. The summed E-state index contributed by atoms with van der Waals surface area (Å²) in [4.78, 5) is 8.73. The SMILES string of the molecule is C=CN.CC.CC(C)=Nc1cccc(C2CCCNC(Nc3cccc4nc(C(F)F)cn34)CC2)c1C. The summed E-state index contributed by atoms with van der Waals surface area (Å²) >= 11 is 0. The lowest BCUT2D eigenvalue weighted by molar-refractivity contribution is 0.147. The minimum Gasteiger partial charge on any atom is -0.405 e. The maximum Gasteiger partial charge on any atom is 0.281 e. The summed E-state index contributed by atoms with van der Waals surface area (Å²) in [7, 11) is 0. The summed E-state index contributed by atoms with van der Waals surface area (Å²) in [5.74, 6) is 1.24. The van der Waals surface area contributed by atoms with Crippen molar-refractivity contribution in [3.05, 3.63) is 72.2 Å². The number of rotatable bonds is 5. The smallest absolute Gasteiger partial charge is 0.281 e. The molecule has 0 spiro atoms. The third-order valence-corrected chi connectivity index (χ3v) is 6.11. The van der Waals surface area contributed by atoms with Gasteiger partial charge in [-0.05, 0) is 94.4 Å². The molecule has 1 aliphatic heterocycles. The fraction of sp³-hybridized carbons (Fsp3) is 0.448. The predicted octanol–water partition coefficient (Wildman–Crippen LogP) is 7.49. The highest BCUT2D eigenvalue weighted by molar-refractivity contribution is 5.82. The van der Waals surface area contributed by atoms with Crippen LogP contribution in [0.3, 0.4) is 0 Å². The van der Waals surface area contributed by atoms with Gasteiger partial charge in [0.1, 0.15) is 17.2 Å². The second kappa shape index (κ2) is 15.1. The molecule has 0 aliphatic carbocycles. The third-order valence-electron chi connectivity index (χ3n) is 6.11. The van der Waals surface area contributed by atoms with Crippen LogP contribution in [-0.4, -0.2) is 27.8 Å². The largest absolute Gasteiger partial charge is 0.405 e. The monoisotopic (exact) mass is 512 g/mol. The molecule has 2 atom stereocenters. The summed E-state index contributed by atoms with van der Waals surface area (Å²) < 4.78 is 27.9. The van der Waals surface area contributed by atoms with Gasteiger partial charge in [-0.15, -0.1) is 0 Å². The molecule has 1 aromatic carbocycles. The first-order valence-electron chi connectivity index (χ1n) is 13.0. The molecule has 1 aliphatic rings. The Balaban J connectivity index is 0.000000898. The third kappa shape index (κ3) is 8.39. The van der Waals surface area contributed by atoms with E-state index in [1.165, 1.54) is 23.5 Å². The highest BCUT2D eigenvalue weighted by Crippen LogP contribution is 2.34. The summed E-state index contributed by atoms with van der Waals surface area (Å²) in [5, 5.41) is 7.09. The Morgan fingerprint density at radius 1 is 1.19 bits per heavy atom. The number of aliphatic imine (C=N–C) groups is 1. The number of fused-ring (bicyclic) bond motifs is 1. The van der Waals surface area contributed by atoms with Crippen molar-refractivity contribution in [2.24, 2.45) is 10.7 Å². The van der Waals surface area contributed by atoms with Crippen molar-refractivity contribution in [1.29, 1.82) is 0 Å². The van der Waals surface area contributed by atoms with Crippen LogP contribution in [0.5, 0.6) is 0 Å². The number of pyridine rings is 1. The zero-order valence-corrected chi connectivity index (χ0v) is 22.8. The fourth-order valence-corrected chi connectivity index (χ4v) is 4.55. The number of hydrogen-bond acceptors (Lipinski definition) is 5. The molecule has 0 amide bonds. The fourth-order valence-electron chi connectivity index (χ4n) is 4.55. The number of nitrogens with two attached hydrogens (primary N) is 1. The molecule has 4 rings (SSSR count). The van der Waals surface area contributed by atoms with Gasteiger partial charge in [-0.2, -0.15) is 0 Å². The van der Waals surface area contributed by atoms with Crippen LogP contribution in [0.25, 0.3) is 5.65 Å². The van der Waals surface area contributed by atoms with Gasteiger partial charge < -0.3 is 11.1 Å². The first-order valence-corrected chi connectivity index (χ1v) is 13.0. The van der Waals surface area contributed by atoms with Gasteiger partial charge in [-0.3, -0.25) is 14.7 Å². The summed E-state index contributed by atoms with van der Waals surface area (Å²) in [6.07, 6.45) is 4.31. The van der Waals surface area contributed by atoms with E-state index in [-0.39, 0.29) is 11.9 Å². The van der Waals surface area contributed by atoms with Gasteiger partial charge in [-0.25, -0.2) is 13.8 Å². The van der Waals surface area contributed by atoms with E-state index in [1.807, 2.05) is 39.8 Å². The minimum atomic E-state index is -2.58. The van der Waals surface area contributed by atoms with Crippen LogP contribution < -0.4 is 16.4 Å². The molecule has 2 unspecified atom stereocenters. The molecular weight excluding hydrogens is 470 g/mol. The van der Waals surface area contributed by atoms with Gasteiger partial charge in [0.15, 0.2) is 0 Å². The van der Waals surface area contributed by atoms with Crippen LogP contribution in [-0.2, 0) is 0 Å². The van der Waals surface area contributed by atoms with Crippen molar-refractivity contribution in [2.45, 2.75) is 78.8 Å². The second-order valence-corrected chi connectivity index (χ2v) is 8.96. The lowest BCUT2D eigenvalue weighted by Gasteiger charge is -2.29. The van der Waals surface area contributed by atoms with E-state index in [0.29, 0.717) is 11.6 Å². The number of nitrogens with one attached hydrogen (secondary N) is 2. The Hall–Kier alpha value is -3.26. The number of imidazole rings is 1. The van der Waals surface area contributed by atoms with Crippen LogP contribution in [0.2, 0.25) is 0 Å². The number of benzene rings is 1. The zero-order chi connectivity index (χ0) is 27.4. The Morgan fingerprint density at radius 3 is 2.57 bits per heavy atom. The molecular formula is C29H42F2N6. The molecule has 8 heteroatoms. The lowest BCUT2D eigenvalue weighted by atomic mass is 9.85.